The Balaban J connectivity index is 0.000000320. The molecule has 1 aliphatic heterocycles. The molecule has 0 aromatic rings. The first-order chi connectivity index (χ1) is 3.45. The predicted octanol–water partition coefficient (Wildman–Crippen LogP) is -3.26. The number of hydrogen-bond acceptors (Lipinski definition) is 0. The van der Waals surface area contributed by atoms with E-state index in [0.29, 0.717) is 0 Å². The summed E-state index contributed by atoms with van der Waals surface area (Å²) in [6, 6.07) is 1.05. The first kappa shape index (κ1) is 6.37. The predicted molar refractivity (Wildman–Crippen MR) is 27.9 cm³/mol. The molecule has 1 heterocycles. The Hall–Kier alpha value is 0.250. The van der Waals surface area contributed by atoms with Crippen molar-refractivity contribution in [3.05, 3.63) is 0 Å². The Morgan fingerprint density at radius 1 is 1.25 bits per heavy atom. The second-order valence-electron chi connectivity index (χ2n) is 2.91. The van der Waals surface area contributed by atoms with E-state index in [-0.39, 0.29) is 12.4 Å². The Kier molecular flexibility index (Phi) is 1.78. The zero-order valence-electron chi connectivity index (χ0n) is 4.94. The van der Waals surface area contributed by atoms with Crippen molar-refractivity contribution >= 4 is 0 Å². The van der Waals surface area contributed by atoms with E-state index >= 15 is 0 Å². The van der Waals surface area contributed by atoms with Crippen LogP contribution in [-0.4, -0.2) is 12.6 Å². The van der Waals surface area contributed by atoms with Crippen LogP contribution in [0.3, 0.4) is 0 Å². The van der Waals surface area contributed by atoms with Crippen LogP contribution in [0.5, 0.6) is 0 Å². The molecule has 1 saturated carbocycles. The fourth-order valence-corrected chi connectivity index (χ4v) is 1.93. The molecule has 2 fully saturated rings. The van der Waals surface area contributed by atoms with Gasteiger partial charge in [0.25, 0.3) is 0 Å². The maximum atomic E-state index is 2.51. The van der Waals surface area contributed by atoms with E-state index < -0.39 is 0 Å². The molecule has 1 nitrogen and oxygen atoms in total. The van der Waals surface area contributed by atoms with Crippen LogP contribution in [0.25, 0.3) is 0 Å². The molecule has 0 aromatic heterocycles. The van der Waals surface area contributed by atoms with Crippen molar-refractivity contribution in [1.82, 2.24) is 0 Å². The van der Waals surface area contributed by atoms with Crippen LogP contribution < -0.4 is 17.7 Å². The van der Waals surface area contributed by atoms with E-state index in [2.05, 4.69) is 5.32 Å². The quantitative estimate of drug-likeness (QED) is 0.357. The molecule has 2 atom stereocenters. The molecule has 2 aliphatic rings. The Bertz CT molecular complexity index is 66.6. The maximum Gasteiger partial charge on any atom is 0.0864 e. The van der Waals surface area contributed by atoms with Gasteiger partial charge in [-0.3, -0.25) is 0 Å². The third kappa shape index (κ3) is 0.848. The summed E-state index contributed by atoms with van der Waals surface area (Å²) in [5.74, 6) is 1.12. The number of fused-ring (bicyclic) bond motifs is 2. The lowest BCUT2D eigenvalue weighted by molar-refractivity contribution is -0.677. The highest BCUT2D eigenvalue weighted by Gasteiger charge is 2.34. The topological polar surface area (TPSA) is 16.6 Å². The number of nitrogens with two attached hydrogens (primary N) is 1. The second-order valence-corrected chi connectivity index (χ2v) is 2.91. The fraction of sp³-hybridized carbons (Fsp3) is 1.00. The molecule has 2 heteroatoms. The van der Waals surface area contributed by atoms with Crippen molar-refractivity contribution in [2.45, 2.75) is 25.3 Å². The summed E-state index contributed by atoms with van der Waals surface area (Å²) in [5, 5.41) is 2.51. The molecule has 0 spiro atoms. The van der Waals surface area contributed by atoms with Gasteiger partial charge in [0.15, 0.2) is 0 Å². The van der Waals surface area contributed by atoms with Gasteiger partial charge in [-0.25, -0.2) is 0 Å². The minimum atomic E-state index is 0. The van der Waals surface area contributed by atoms with Crippen LogP contribution in [0.15, 0.2) is 0 Å². The summed E-state index contributed by atoms with van der Waals surface area (Å²) >= 11 is 0. The molecule has 0 radical (unpaired) electrons. The van der Waals surface area contributed by atoms with Gasteiger partial charge >= 0.3 is 0 Å². The van der Waals surface area contributed by atoms with Gasteiger partial charge in [-0.2, -0.15) is 0 Å². The SMILES string of the molecule is C1C[C@@H]2CC1C[NH2+]2.[Cl-]. The molecule has 1 unspecified atom stereocenters. The van der Waals surface area contributed by atoms with Crippen molar-refractivity contribution in [2.75, 3.05) is 6.54 Å². The van der Waals surface area contributed by atoms with Gasteiger partial charge in [-0.1, -0.05) is 0 Å². The van der Waals surface area contributed by atoms with E-state index in [4.69, 9.17) is 0 Å². The van der Waals surface area contributed by atoms with Crippen LogP contribution in [0.2, 0.25) is 0 Å². The fourth-order valence-electron chi connectivity index (χ4n) is 1.93. The zero-order valence-corrected chi connectivity index (χ0v) is 5.69. The van der Waals surface area contributed by atoms with Crippen molar-refractivity contribution in [2.24, 2.45) is 5.92 Å². The highest BCUT2D eigenvalue weighted by Crippen LogP contribution is 2.25. The minimum Gasteiger partial charge on any atom is -1.00 e. The summed E-state index contributed by atoms with van der Waals surface area (Å²) in [6.45, 7) is 1.44. The molecule has 48 valence electrons. The molecule has 8 heavy (non-hydrogen) atoms. The maximum absolute atomic E-state index is 2.51. The molecule has 1 saturated heterocycles. The Labute approximate surface area is 56.3 Å². The summed E-state index contributed by atoms with van der Waals surface area (Å²) < 4.78 is 0. The van der Waals surface area contributed by atoms with E-state index in [1.54, 1.807) is 0 Å². The minimum absolute atomic E-state index is 0. The lowest BCUT2D eigenvalue weighted by atomic mass is 10.1. The van der Waals surface area contributed by atoms with E-state index in [0.717, 1.165) is 12.0 Å². The molecular formula is C6H12ClN. The monoisotopic (exact) mass is 133 g/mol. The third-order valence-corrected chi connectivity index (χ3v) is 2.38. The summed E-state index contributed by atoms with van der Waals surface area (Å²) in [5.41, 5.74) is 0. The molecule has 2 bridgehead atoms. The Morgan fingerprint density at radius 2 is 2.12 bits per heavy atom. The number of quaternary nitrogens is 1. The normalized spacial score (nSPS) is 42.0. The van der Waals surface area contributed by atoms with Gasteiger partial charge in [-0.05, 0) is 12.8 Å². The molecular weight excluding hydrogens is 122 g/mol. The van der Waals surface area contributed by atoms with Crippen molar-refractivity contribution in [1.29, 1.82) is 0 Å². The van der Waals surface area contributed by atoms with Crippen LogP contribution >= 0.6 is 0 Å². The smallest absolute Gasteiger partial charge is 0.0864 e. The van der Waals surface area contributed by atoms with Gasteiger partial charge in [-0.15, -0.1) is 0 Å². The number of piperidine rings is 1. The van der Waals surface area contributed by atoms with Gasteiger partial charge in [0.2, 0.25) is 0 Å². The van der Waals surface area contributed by atoms with Crippen LogP contribution in [-0.2, 0) is 0 Å². The number of rotatable bonds is 0. The molecule has 2 N–H and O–H groups in total. The average molecular weight is 134 g/mol. The second kappa shape index (κ2) is 2.24. The molecule has 2 rings (SSSR count). The van der Waals surface area contributed by atoms with Crippen LogP contribution in [0.1, 0.15) is 19.3 Å². The molecule has 1 aliphatic carbocycles. The van der Waals surface area contributed by atoms with E-state index in [9.17, 15) is 0 Å². The highest BCUT2D eigenvalue weighted by atomic mass is 35.5. The highest BCUT2D eigenvalue weighted by molar-refractivity contribution is 4.77. The summed E-state index contributed by atoms with van der Waals surface area (Å²) in [7, 11) is 0. The first-order valence-electron chi connectivity index (χ1n) is 3.28. The Morgan fingerprint density at radius 3 is 2.25 bits per heavy atom. The summed E-state index contributed by atoms with van der Waals surface area (Å²) in [6.07, 6.45) is 4.56. The van der Waals surface area contributed by atoms with Crippen LogP contribution in [0, 0.1) is 5.92 Å². The van der Waals surface area contributed by atoms with Crippen LogP contribution in [0.4, 0.5) is 0 Å². The van der Waals surface area contributed by atoms with Crippen molar-refractivity contribution in [3.63, 3.8) is 0 Å². The van der Waals surface area contributed by atoms with Gasteiger partial charge in [0.1, 0.15) is 0 Å². The standard InChI is InChI=1S/C6H11N.ClH/c1-2-6-3-5(1)4-7-6;/h5-7H,1-4H2;1H/t5?,6-;/m1./s1. The lowest BCUT2D eigenvalue weighted by Crippen LogP contribution is -3.00. The summed E-state index contributed by atoms with van der Waals surface area (Å²) in [4.78, 5) is 0. The largest absolute Gasteiger partial charge is 1.00 e. The van der Waals surface area contributed by atoms with Crippen molar-refractivity contribution < 1.29 is 17.7 Å². The zero-order chi connectivity index (χ0) is 4.69. The van der Waals surface area contributed by atoms with Gasteiger partial charge in [0.05, 0.1) is 12.6 Å². The van der Waals surface area contributed by atoms with Crippen molar-refractivity contribution in [3.8, 4) is 0 Å². The lowest BCUT2D eigenvalue weighted by Gasteiger charge is -2.04. The van der Waals surface area contributed by atoms with Gasteiger partial charge in [0, 0.05) is 12.3 Å². The number of hydrogen-bond donors (Lipinski definition) is 1. The van der Waals surface area contributed by atoms with E-state index in [1.165, 1.54) is 25.8 Å². The van der Waals surface area contributed by atoms with E-state index in [1.807, 2.05) is 0 Å². The first-order valence-corrected chi connectivity index (χ1v) is 3.28. The third-order valence-electron chi connectivity index (χ3n) is 2.38. The average Bonchev–Trinajstić information content (AvgIpc) is 2.22. The van der Waals surface area contributed by atoms with Gasteiger partial charge < -0.3 is 17.7 Å². The number of halogens is 1. The molecule has 0 amide bonds. The molecule has 0 aromatic carbocycles.